The largest absolute Gasteiger partial charge is 0.381 e. The molecule has 2 aliphatic heterocycles. The summed E-state index contributed by atoms with van der Waals surface area (Å²) in [4.78, 5) is 4.50. The first-order chi connectivity index (χ1) is 7.43. The minimum Gasteiger partial charge on any atom is -0.381 e. The van der Waals surface area contributed by atoms with Crippen molar-refractivity contribution in [1.29, 1.82) is 0 Å². The van der Waals surface area contributed by atoms with Crippen molar-refractivity contribution in [1.82, 2.24) is 10.1 Å². The van der Waals surface area contributed by atoms with Crippen molar-refractivity contribution in [2.24, 2.45) is 0 Å². The van der Waals surface area contributed by atoms with Crippen molar-refractivity contribution in [3.05, 3.63) is 11.7 Å². The number of ether oxygens (including phenoxy) is 1. The fourth-order valence-electron chi connectivity index (χ4n) is 2.05. The van der Waals surface area contributed by atoms with Gasteiger partial charge in [0.25, 0.3) is 0 Å². The highest BCUT2D eigenvalue weighted by Gasteiger charge is 2.27. The van der Waals surface area contributed by atoms with Crippen LogP contribution in [0, 0.1) is 0 Å². The molecular weight excluding hydrogens is 212 g/mol. The third kappa shape index (κ3) is 1.90. The van der Waals surface area contributed by atoms with Crippen LogP contribution in [0.4, 0.5) is 0 Å². The molecule has 82 valence electrons. The lowest BCUT2D eigenvalue weighted by molar-refractivity contribution is 0.192. The summed E-state index contributed by atoms with van der Waals surface area (Å²) < 4.78 is 10.6. The van der Waals surface area contributed by atoms with Gasteiger partial charge in [-0.2, -0.15) is 4.98 Å². The van der Waals surface area contributed by atoms with E-state index >= 15 is 0 Å². The molecule has 0 saturated carbocycles. The predicted octanol–water partition coefficient (Wildman–Crippen LogP) is 2.14. The first-order valence-electron chi connectivity index (χ1n) is 5.46. The Bertz CT molecular complexity index is 299. The van der Waals surface area contributed by atoms with Crippen LogP contribution in [-0.4, -0.2) is 29.1 Å². The molecule has 4 nitrogen and oxygen atoms in total. The van der Waals surface area contributed by atoms with E-state index in [0.717, 1.165) is 31.3 Å². The second-order valence-corrected chi connectivity index (χ2v) is 5.36. The maximum Gasteiger partial charge on any atom is 0.239 e. The van der Waals surface area contributed by atoms with E-state index in [9.17, 15) is 0 Å². The van der Waals surface area contributed by atoms with Crippen molar-refractivity contribution >= 4 is 11.8 Å². The lowest BCUT2D eigenvalue weighted by Gasteiger charge is -2.00. The Balaban J connectivity index is 1.74. The van der Waals surface area contributed by atoms with Gasteiger partial charge >= 0.3 is 0 Å². The molecule has 15 heavy (non-hydrogen) atoms. The van der Waals surface area contributed by atoms with Crippen molar-refractivity contribution in [2.75, 3.05) is 19.0 Å². The molecule has 3 rings (SSSR count). The molecule has 0 aliphatic carbocycles. The predicted molar refractivity (Wildman–Crippen MR) is 56.9 cm³/mol. The van der Waals surface area contributed by atoms with E-state index in [4.69, 9.17) is 9.26 Å². The number of hydrogen-bond acceptors (Lipinski definition) is 5. The molecule has 2 fully saturated rings. The normalized spacial score (nSPS) is 31.2. The van der Waals surface area contributed by atoms with E-state index in [-0.39, 0.29) is 0 Å². The van der Waals surface area contributed by atoms with Crippen LogP contribution in [0.1, 0.15) is 42.1 Å². The molecule has 1 aromatic heterocycles. The van der Waals surface area contributed by atoms with Crippen LogP contribution in [0.3, 0.4) is 0 Å². The number of rotatable bonds is 2. The molecule has 0 aromatic carbocycles. The third-order valence-electron chi connectivity index (χ3n) is 2.96. The van der Waals surface area contributed by atoms with Gasteiger partial charge in [-0.15, -0.1) is 11.8 Å². The van der Waals surface area contributed by atoms with Gasteiger partial charge in [0, 0.05) is 12.5 Å². The van der Waals surface area contributed by atoms with Crippen molar-refractivity contribution < 1.29 is 9.26 Å². The minimum absolute atomic E-state index is 0.355. The van der Waals surface area contributed by atoms with Gasteiger partial charge in [0.15, 0.2) is 5.82 Å². The van der Waals surface area contributed by atoms with Crippen LogP contribution in [0.25, 0.3) is 0 Å². The maximum atomic E-state index is 5.32. The van der Waals surface area contributed by atoms with Crippen LogP contribution in [-0.2, 0) is 4.74 Å². The lowest BCUT2D eigenvalue weighted by atomic mass is 10.1. The molecule has 5 heteroatoms. The molecular formula is C10H14N2O2S. The van der Waals surface area contributed by atoms with Crippen molar-refractivity contribution in [2.45, 2.75) is 30.4 Å². The van der Waals surface area contributed by atoms with Crippen LogP contribution in [0.15, 0.2) is 4.52 Å². The Hall–Kier alpha value is -0.550. The van der Waals surface area contributed by atoms with Gasteiger partial charge in [-0.05, 0) is 25.0 Å². The van der Waals surface area contributed by atoms with Gasteiger partial charge in [-0.25, -0.2) is 0 Å². The molecule has 0 radical (unpaired) electrons. The van der Waals surface area contributed by atoms with Gasteiger partial charge in [0.2, 0.25) is 5.89 Å². The van der Waals surface area contributed by atoms with E-state index < -0.39 is 0 Å². The van der Waals surface area contributed by atoms with Crippen LogP contribution < -0.4 is 0 Å². The number of hydrogen-bond donors (Lipinski definition) is 0. The second kappa shape index (κ2) is 4.14. The summed E-state index contributed by atoms with van der Waals surface area (Å²) in [6.07, 6.45) is 3.46. The molecule has 0 amide bonds. The standard InChI is InChI=1S/C10H14N2O2S/c1-2-8(15-5-1)10-11-9(12-14-10)7-3-4-13-6-7/h7-8H,1-6H2/t7-,8+/m0/s1. The van der Waals surface area contributed by atoms with Gasteiger partial charge in [0.05, 0.1) is 11.9 Å². The molecule has 2 atom stereocenters. The zero-order valence-corrected chi connectivity index (χ0v) is 9.33. The number of aromatic nitrogens is 2. The molecule has 0 spiro atoms. The van der Waals surface area contributed by atoms with E-state index in [0.29, 0.717) is 11.2 Å². The highest BCUT2D eigenvalue weighted by atomic mass is 32.2. The topological polar surface area (TPSA) is 48.2 Å². The average Bonchev–Trinajstić information content (AvgIpc) is 3.02. The Morgan fingerprint density at radius 2 is 2.33 bits per heavy atom. The SMILES string of the molecule is C1CS[C@@H](c2nc([C@H]3CCOC3)no2)C1. The summed E-state index contributed by atoms with van der Waals surface area (Å²) in [7, 11) is 0. The summed E-state index contributed by atoms with van der Waals surface area (Å²) in [6, 6.07) is 0. The van der Waals surface area contributed by atoms with E-state index in [1.165, 1.54) is 18.6 Å². The van der Waals surface area contributed by atoms with E-state index in [2.05, 4.69) is 10.1 Å². The Kier molecular flexibility index (Phi) is 2.66. The lowest BCUT2D eigenvalue weighted by Crippen LogP contribution is -2.00. The van der Waals surface area contributed by atoms with Gasteiger partial charge in [-0.3, -0.25) is 0 Å². The molecule has 2 aliphatic rings. The smallest absolute Gasteiger partial charge is 0.239 e. The first-order valence-corrected chi connectivity index (χ1v) is 6.51. The number of nitrogens with zero attached hydrogens (tertiary/aromatic N) is 2. The molecule has 1 aromatic rings. The molecule has 0 N–H and O–H groups in total. The molecule has 3 heterocycles. The zero-order chi connectivity index (χ0) is 10.1. The Morgan fingerprint density at radius 1 is 1.33 bits per heavy atom. The van der Waals surface area contributed by atoms with Crippen molar-refractivity contribution in [3.63, 3.8) is 0 Å². The fourth-order valence-corrected chi connectivity index (χ4v) is 3.24. The first kappa shape index (κ1) is 9.66. The van der Waals surface area contributed by atoms with E-state index in [1.54, 1.807) is 0 Å². The van der Waals surface area contributed by atoms with E-state index in [1.807, 2.05) is 11.8 Å². The highest BCUT2D eigenvalue weighted by Crippen LogP contribution is 2.39. The third-order valence-corrected chi connectivity index (χ3v) is 4.32. The molecule has 0 unspecified atom stereocenters. The summed E-state index contributed by atoms with van der Waals surface area (Å²) in [5, 5.41) is 4.50. The molecule has 2 saturated heterocycles. The zero-order valence-electron chi connectivity index (χ0n) is 8.52. The second-order valence-electron chi connectivity index (χ2n) is 4.05. The summed E-state index contributed by atoms with van der Waals surface area (Å²) in [6.45, 7) is 1.57. The van der Waals surface area contributed by atoms with Gasteiger partial charge in [0.1, 0.15) is 0 Å². The average molecular weight is 226 g/mol. The monoisotopic (exact) mass is 226 g/mol. The molecule has 0 bridgehead atoms. The maximum absolute atomic E-state index is 5.32. The van der Waals surface area contributed by atoms with Crippen molar-refractivity contribution in [3.8, 4) is 0 Å². The number of thioether (sulfide) groups is 1. The minimum atomic E-state index is 0.355. The van der Waals surface area contributed by atoms with Crippen LogP contribution >= 0.6 is 11.8 Å². The van der Waals surface area contributed by atoms with Gasteiger partial charge < -0.3 is 9.26 Å². The summed E-state index contributed by atoms with van der Waals surface area (Å²) in [5.74, 6) is 3.23. The fraction of sp³-hybridized carbons (Fsp3) is 0.800. The quantitative estimate of drug-likeness (QED) is 0.773. The Labute approximate surface area is 92.8 Å². The van der Waals surface area contributed by atoms with Crippen LogP contribution in [0.2, 0.25) is 0 Å². The van der Waals surface area contributed by atoms with Gasteiger partial charge in [-0.1, -0.05) is 5.16 Å². The van der Waals surface area contributed by atoms with Crippen LogP contribution in [0.5, 0.6) is 0 Å². The summed E-state index contributed by atoms with van der Waals surface area (Å²) >= 11 is 1.92. The summed E-state index contributed by atoms with van der Waals surface area (Å²) in [5.41, 5.74) is 0. The highest BCUT2D eigenvalue weighted by molar-refractivity contribution is 7.99. The Morgan fingerprint density at radius 3 is 3.07 bits per heavy atom.